The smallest absolute Gasteiger partial charge is 0.263 e. The van der Waals surface area contributed by atoms with Gasteiger partial charge in [-0.1, -0.05) is 12.1 Å². The van der Waals surface area contributed by atoms with E-state index >= 15 is 0 Å². The van der Waals surface area contributed by atoms with Gasteiger partial charge >= 0.3 is 0 Å². The highest BCUT2D eigenvalue weighted by atomic mass is 79.9. The van der Waals surface area contributed by atoms with Gasteiger partial charge in [-0.15, -0.1) is 0 Å². The molecule has 4 nitrogen and oxygen atoms in total. The molecule has 2 rings (SSSR count). The fourth-order valence-corrected chi connectivity index (χ4v) is 3.80. The second kappa shape index (κ2) is 5.90. The molecule has 0 aliphatic heterocycles. The van der Waals surface area contributed by atoms with Gasteiger partial charge in [0, 0.05) is 4.47 Å². The van der Waals surface area contributed by atoms with E-state index in [1.807, 2.05) is 0 Å². The van der Waals surface area contributed by atoms with Crippen LogP contribution in [-0.2, 0) is 16.6 Å². The maximum absolute atomic E-state index is 13.1. The Morgan fingerprint density at radius 3 is 2.55 bits per heavy atom. The highest BCUT2D eigenvalue weighted by molar-refractivity contribution is 9.10. The molecule has 2 N–H and O–H groups in total. The summed E-state index contributed by atoms with van der Waals surface area (Å²) in [4.78, 5) is 0.0129. The molecular weight excluding hydrogens is 349 g/mol. The molecule has 0 fully saturated rings. The summed E-state index contributed by atoms with van der Waals surface area (Å²) in [6.45, 7) is -0.184. The van der Waals surface area contributed by atoms with E-state index in [2.05, 4.69) is 20.7 Å². The van der Waals surface area contributed by atoms with E-state index in [0.717, 1.165) is 6.07 Å². The number of anilines is 1. The van der Waals surface area contributed by atoms with Crippen LogP contribution in [-0.4, -0.2) is 13.5 Å². The molecule has 2 aromatic rings. The number of sulfonamides is 1. The fraction of sp³-hybridized carbons (Fsp3) is 0.0769. The third-order valence-corrected chi connectivity index (χ3v) is 4.90. The lowest BCUT2D eigenvalue weighted by Gasteiger charge is -2.10. The molecule has 0 atom stereocenters. The van der Waals surface area contributed by atoms with Gasteiger partial charge < -0.3 is 5.11 Å². The standard InChI is InChI=1S/C13H11BrFNO3S/c14-12-6-9(8-17)4-5-13(12)20(18,19)16-11-3-1-2-10(15)7-11/h1-7,16-17H,8H2. The molecule has 0 saturated heterocycles. The second-order valence-corrected chi connectivity index (χ2v) is 6.54. The zero-order valence-electron chi connectivity index (χ0n) is 10.2. The molecule has 106 valence electrons. The molecule has 0 heterocycles. The summed E-state index contributed by atoms with van der Waals surface area (Å²) in [7, 11) is -3.83. The van der Waals surface area contributed by atoms with Gasteiger partial charge in [0.25, 0.3) is 10.0 Å². The number of rotatable bonds is 4. The lowest BCUT2D eigenvalue weighted by molar-refractivity contribution is 0.281. The Morgan fingerprint density at radius 2 is 1.95 bits per heavy atom. The van der Waals surface area contributed by atoms with Crippen molar-refractivity contribution in [1.29, 1.82) is 0 Å². The van der Waals surface area contributed by atoms with Gasteiger partial charge in [0.05, 0.1) is 12.3 Å². The summed E-state index contributed by atoms with van der Waals surface area (Å²) in [6.07, 6.45) is 0. The van der Waals surface area contributed by atoms with Gasteiger partial charge in [0.2, 0.25) is 0 Å². The molecular formula is C13H11BrFNO3S. The zero-order valence-corrected chi connectivity index (χ0v) is 12.6. The average Bonchev–Trinajstić information content (AvgIpc) is 2.37. The fourth-order valence-electron chi connectivity index (χ4n) is 1.62. The Labute approximate surface area is 124 Å². The quantitative estimate of drug-likeness (QED) is 0.881. The maximum atomic E-state index is 13.1. The van der Waals surface area contributed by atoms with Gasteiger partial charge in [-0.05, 0) is 51.8 Å². The first-order valence-electron chi connectivity index (χ1n) is 5.60. The first-order valence-corrected chi connectivity index (χ1v) is 7.87. The third kappa shape index (κ3) is 3.36. The lowest BCUT2D eigenvalue weighted by Crippen LogP contribution is -2.13. The Kier molecular flexibility index (Phi) is 4.42. The van der Waals surface area contributed by atoms with Crippen LogP contribution in [0.5, 0.6) is 0 Å². The van der Waals surface area contributed by atoms with Gasteiger partial charge in [0.1, 0.15) is 10.7 Å². The Bertz CT molecular complexity index is 734. The van der Waals surface area contributed by atoms with Crippen LogP contribution >= 0.6 is 15.9 Å². The highest BCUT2D eigenvalue weighted by Crippen LogP contribution is 2.25. The van der Waals surface area contributed by atoms with Crippen molar-refractivity contribution in [2.45, 2.75) is 11.5 Å². The van der Waals surface area contributed by atoms with Crippen molar-refractivity contribution in [1.82, 2.24) is 0 Å². The van der Waals surface area contributed by atoms with Crippen molar-refractivity contribution < 1.29 is 17.9 Å². The monoisotopic (exact) mass is 359 g/mol. The molecule has 20 heavy (non-hydrogen) atoms. The van der Waals surface area contributed by atoms with E-state index in [4.69, 9.17) is 5.11 Å². The normalized spacial score (nSPS) is 11.3. The first-order chi connectivity index (χ1) is 9.42. The number of hydrogen-bond acceptors (Lipinski definition) is 3. The Morgan fingerprint density at radius 1 is 1.20 bits per heavy atom. The lowest BCUT2D eigenvalue weighted by atomic mass is 10.2. The van der Waals surface area contributed by atoms with Crippen LogP contribution < -0.4 is 4.72 Å². The van der Waals surface area contributed by atoms with Crippen molar-refractivity contribution in [3.05, 3.63) is 58.3 Å². The predicted molar refractivity (Wildman–Crippen MR) is 77.3 cm³/mol. The average molecular weight is 360 g/mol. The third-order valence-electron chi connectivity index (χ3n) is 2.55. The summed E-state index contributed by atoms with van der Waals surface area (Å²) in [5.74, 6) is -0.528. The van der Waals surface area contributed by atoms with Gasteiger partial charge in [-0.3, -0.25) is 4.72 Å². The minimum Gasteiger partial charge on any atom is -0.392 e. The minimum atomic E-state index is -3.83. The van der Waals surface area contributed by atoms with Crippen LogP contribution in [0.15, 0.2) is 51.8 Å². The van der Waals surface area contributed by atoms with Crippen LogP contribution in [0.2, 0.25) is 0 Å². The van der Waals surface area contributed by atoms with Crippen molar-refractivity contribution in [3.63, 3.8) is 0 Å². The molecule has 2 aromatic carbocycles. The van der Waals surface area contributed by atoms with Gasteiger partial charge in [0.15, 0.2) is 0 Å². The van der Waals surface area contributed by atoms with E-state index in [-0.39, 0.29) is 17.2 Å². The van der Waals surface area contributed by atoms with Gasteiger partial charge in [-0.2, -0.15) is 0 Å². The second-order valence-electron chi connectivity index (χ2n) is 4.04. The summed E-state index contributed by atoms with van der Waals surface area (Å²) in [5.41, 5.74) is 0.727. The first kappa shape index (κ1) is 15.0. The molecule has 0 aliphatic rings. The molecule has 0 spiro atoms. The summed E-state index contributed by atoms with van der Waals surface area (Å²) in [6, 6.07) is 9.58. The van der Waals surface area contributed by atoms with Crippen LogP contribution in [0.3, 0.4) is 0 Å². The van der Waals surface area contributed by atoms with Crippen LogP contribution in [0, 0.1) is 5.82 Å². The van der Waals surface area contributed by atoms with Gasteiger partial charge in [-0.25, -0.2) is 12.8 Å². The molecule has 0 aromatic heterocycles. The molecule has 7 heteroatoms. The number of nitrogens with one attached hydrogen (secondary N) is 1. The number of benzene rings is 2. The van der Waals surface area contributed by atoms with Crippen LogP contribution in [0.1, 0.15) is 5.56 Å². The van der Waals surface area contributed by atoms with Crippen molar-refractivity contribution in [2.24, 2.45) is 0 Å². The molecule has 0 radical (unpaired) electrons. The van der Waals surface area contributed by atoms with E-state index in [0.29, 0.717) is 10.0 Å². The minimum absolute atomic E-state index is 0.0129. The Hall–Kier alpha value is -1.44. The number of halogens is 2. The molecule has 0 saturated carbocycles. The molecule has 0 unspecified atom stereocenters. The Balaban J connectivity index is 2.36. The highest BCUT2D eigenvalue weighted by Gasteiger charge is 2.18. The molecule has 0 amide bonds. The van der Waals surface area contributed by atoms with E-state index in [1.54, 1.807) is 0 Å². The number of hydrogen-bond donors (Lipinski definition) is 2. The van der Waals surface area contributed by atoms with Crippen molar-refractivity contribution in [3.8, 4) is 0 Å². The van der Waals surface area contributed by atoms with Crippen LogP contribution in [0.4, 0.5) is 10.1 Å². The van der Waals surface area contributed by atoms with Crippen LogP contribution in [0.25, 0.3) is 0 Å². The summed E-state index contributed by atoms with van der Waals surface area (Å²) >= 11 is 3.15. The summed E-state index contributed by atoms with van der Waals surface area (Å²) < 4.78 is 40.1. The predicted octanol–water partition coefficient (Wildman–Crippen LogP) is 2.88. The van der Waals surface area contributed by atoms with Crippen molar-refractivity contribution in [2.75, 3.05) is 4.72 Å². The van der Waals surface area contributed by atoms with E-state index in [1.165, 1.54) is 36.4 Å². The largest absolute Gasteiger partial charge is 0.392 e. The zero-order chi connectivity index (χ0) is 14.8. The number of aliphatic hydroxyl groups excluding tert-OH is 1. The topological polar surface area (TPSA) is 66.4 Å². The summed E-state index contributed by atoms with van der Waals surface area (Å²) in [5, 5.41) is 8.99. The van der Waals surface area contributed by atoms with Crippen molar-refractivity contribution >= 4 is 31.6 Å². The molecule has 0 aliphatic carbocycles. The van der Waals surface area contributed by atoms with E-state index in [9.17, 15) is 12.8 Å². The SMILES string of the molecule is O=S(=O)(Nc1cccc(F)c1)c1ccc(CO)cc1Br. The number of aliphatic hydroxyl groups is 1. The molecule has 0 bridgehead atoms. The maximum Gasteiger partial charge on any atom is 0.263 e. The van der Waals surface area contributed by atoms with E-state index < -0.39 is 15.8 Å².